The SMILES string of the molecule is CCCCOc1ccc(C=CC(=O)NCc2ccc(CN3CCOCC3)cc2)cc1OC. The van der Waals surface area contributed by atoms with Crippen molar-refractivity contribution in [3.05, 3.63) is 65.2 Å². The normalized spacial score (nSPS) is 14.4. The molecule has 1 aliphatic heterocycles. The lowest BCUT2D eigenvalue weighted by molar-refractivity contribution is -0.116. The van der Waals surface area contributed by atoms with E-state index in [1.165, 1.54) is 5.56 Å². The second kappa shape index (κ2) is 12.9. The zero-order valence-electron chi connectivity index (χ0n) is 19.1. The Morgan fingerprint density at radius 1 is 1.09 bits per heavy atom. The Balaban J connectivity index is 1.46. The number of amides is 1. The van der Waals surface area contributed by atoms with Crippen LogP contribution >= 0.6 is 0 Å². The first-order valence-electron chi connectivity index (χ1n) is 11.3. The highest BCUT2D eigenvalue weighted by atomic mass is 16.5. The molecule has 6 nitrogen and oxygen atoms in total. The fraction of sp³-hybridized carbons (Fsp3) is 0.423. The number of carbonyl (C=O) groups excluding carboxylic acids is 1. The summed E-state index contributed by atoms with van der Waals surface area (Å²) < 4.78 is 16.6. The predicted octanol–water partition coefficient (Wildman–Crippen LogP) is 4.04. The lowest BCUT2D eigenvalue weighted by Gasteiger charge is -2.26. The van der Waals surface area contributed by atoms with E-state index < -0.39 is 0 Å². The maximum absolute atomic E-state index is 12.2. The Morgan fingerprint density at radius 3 is 2.56 bits per heavy atom. The third kappa shape index (κ3) is 7.70. The van der Waals surface area contributed by atoms with E-state index in [0.717, 1.165) is 62.6 Å². The number of carbonyl (C=O) groups is 1. The first-order chi connectivity index (χ1) is 15.7. The van der Waals surface area contributed by atoms with E-state index >= 15 is 0 Å². The van der Waals surface area contributed by atoms with Gasteiger partial charge >= 0.3 is 0 Å². The summed E-state index contributed by atoms with van der Waals surface area (Å²) in [6.45, 7) is 7.79. The van der Waals surface area contributed by atoms with Crippen LogP contribution in [0.5, 0.6) is 11.5 Å². The van der Waals surface area contributed by atoms with Gasteiger partial charge in [0.05, 0.1) is 26.9 Å². The molecule has 172 valence electrons. The smallest absolute Gasteiger partial charge is 0.244 e. The van der Waals surface area contributed by atoms with Gasteiger partial charge in [-0.1, -0.05) is 43.7 Å². The van der Waals surface area contributed by atoms with Crippen LogP contribution in [0.25, 0.3) is 6.08 Å². The minimum absolute atomic E-state index is 0.135. The predicted molar refractivity (Wildman–Crippen MR) is 127 cm³/mol. The van der Waals surface area contributed by atoms with Crippen molar-refractivity contribution < 1.29 is 19.0 Å². The van der Waals surface area contributed by atoms with Crippen molar-refractivity contribution in [3.63, 3.8) is 0 Å². The topological polar surface area (TPSA) is 60.0 Å². The van der Waals surface area contributed by atoms with E-state index in [1.54, 1.807) is 19.3 Å². The molecule has 2 aromatic carbocycles. The Morgan fingerprint density at radius 2 is 1.84 bits per heavy atom. The lowest BCUT2D eigenvalue weighted by atomic mass is 10.1. The molecular weight excluding hydrogens is 404 g/mol. The van der Waals surface area contributed by atoms with Crippen molar-refractivity contribution >= 4 is 12.0 Å². The molecule has 1 heterocycles. The molecule has 32 heavy (non-hydrogen) atoms. The van der Waals surface area contributed by atoms with Gasteiger partial charge in [-0.3, -0.25) is 9.69 Å². The Kier molecular flexibility index (Phi) is 9.60. The summed E-state index contributed by atoms with van der Waals surface area (Å²) in [7, 11) is 1.62. The van der Waals surface area contributed by atoms with Crippen molar-refractivity contribution in [2.75, 3.05) is 40.0 Å². The van der Waals surface area contributed by atoms with E-state index in [2.05, 4.69) is 41.4 Å². The Bertz CT molecular complexity index is 874. The number of ether oxygens (including phenoxy) is 3. The van der Waals surface area contributed by atoms with Crippen LogP contribution in [0.2, 0.25) is 0 Å². The summed E-state index contributed by atoms with van der Waals surface area (Å²) in [4.78, 5) is 14.6. The van der Waals surface area contributed by atoms with Gasteiger partial charge in [-0.15, -0.1) is 0 Å². The molecule has 2 aromatic rings. The first-order valence-corrected chi connectivity index (χ1v) is 11.3. The Hall–Kier alpha value is -2.83. The van der Waals surface area contributed by atoms with Crippen molar-refractivity contribution in [1.29, 1.82) is 0 Å². The minimum Gasteiger partial charge on any atom is -0.493 e. The molecule has 0 aliphatic carbocycles. The quantitative estimate of drug-likeness (QED) is 0.424. The lowest BCUT2D eigenvalue weighted by Crippen LogP contribution is -2.35. The van der Waals surface area contributed by atoms with Crippen LogP contribution in [0.3, 0.4) is 0 Å². The summed E-state index contributed by atoms with van der Waals surface area (Å²) in [5.41, 5.74) is 3.23. The maximum atomic E-state index is 12.2. The van der Waals surface area contributed by atoms with Crippen LogP contribution in [0.15, 0.2) is 48.5 Å². The largest absolute Gasteiger partial charge is 0.493 e. The molecular formula is C26H34N2O4. The first kappa shape index (κ1) is 23.8. The van der Waals surface area contributed by atoms with Crippen molar-refractivity contribution in [1.82, 2.24) is 10.2 Å². The number of hydrogen-bond donors (Lipinski definition) is 1. The van der Waals surface area contributed by atoms with Crippen LogP contribution < -0.4 is 14.8 Å². The number of hydrogen-bond acceptors (Lipinski definition) is 5. The number of methoxy groups -OCH3 is 1. The molecule has 1 fully saturated rings. The van der Waals surface area contributed by atoms with Gasteiger partial charge in [0.2, 0.25) is 5.91 Å². The van der Waals surface area contributed by atoms with E-state index in [-0.39, 0.29) is 5.91 Å². The molecule has 1 aliphatic rings. The number of nitrogens with zero attached hydrogens (tertiary/aromatic N) is 1. The number of nitrogens with one attached hydrogen (secondary N) is 1. The monoisotopic (exact) mass is 438 g/mol. The van der Waals surface area contributed by atoms with Crippen molar-refractivity contribution in [2.45, 2.75) is 32.9 Å². The summed E-state index contributed by atoms with van der Waals surface area (Å²) in [6, 6.07) is 14.1. The van der Waals surface area contributed by atoms with E-state index in [1.807, 2.05) is 18.2 Å². The highest BCUT2D eigenvalue weighted by Crippen LogP contribution is 2.28. The van der Waals surface area contributed by atoms with E-state index in [4.69, 9.17) is 14.2 Å². The van der Waals surface area contributed by atoms with Gasteiger partial charge in [0.15, 0.2) is 11.5 Å². The molecule has 0 saturated carbocycles. The average Bonchev–Trinajstić information content (AvgIpc) is 2.83. The molecule has 0 atom stereocenters. The minimum atomic E-state index is -0.135. The van der Waals surface area contributed by atoms with Gasteiger partial charge in [0.25, 0.3) is 0 Å². The zero-order chi connectivity index (χ0) is 22.6. The zero-order valence-corrected chi connectivity index (χ0v) is 19.1. The molecule has 0 aromatic heterocycles. The molecule has 0 bridgehead atoms. The summed E-state index contributed by atoms with van der Waals surface area (Å²) >= 11 is 0. The number of benzene rings is 2. The number of unbranched alkanes of at least 4 members (excludes halogenated alkanes) is 1. The van der Waals surface area contributed by atoms with Gasteiger partial charge in [0.1, 0.15) is 0 Å². The van der Waals surface area contributed by atoms with Crippen LogP contribution in [-0.2, 0) is 22.6 Å². The summed E-state index contributed by atoms with van der Waals surface area (Å²) in [5.74, 6) is 1.25. The average molecular weight is 439 g/mol. The fourth-order valence-electron chi connectivity index (χ4n) is 3.43. The number of morpholine rings is 1. The molecule has 1 saturated heterocycles. The second-order valence-corrected chi connectivity index (χ2v) is 7.87. The molecule has 1 amide bonds. The van der Waals surface area contributed by atoms with Gasteiger partial charge in [-0.25, -0.2) is 0 Å². The summed E-state index contributed by atoms with van der Waals surface area (Å²) in [5, 5.41) is 2.94. The van der Waals surface area contributed by atoms with Crippen molar-refractivity contribution in [2.24, 2.45) is 0 Å². The van der Waals surface area contributed by atoms with Gasteiger partial charge < -0.3 is 19.5 Å². The molecule has 0 unspecified atom stereocenters. The second-order valence-electron chi connectivity index (χ2n) is 7.87. The molecule has 0 spiro atoms. The molecule has 6 heteroatoms. The third-order valence-electron chi connectivity index (χ3n) is 5.37. The highest BCUT2D eigenvalue weighted by molar-refractivity contribution is 5.91. The van der Waals surface area contributed by atoms with Crippen molar-refractivity contribution in [3.8, 4) is 11.5 Å². The fourth-order valence-corrected chi connectivity index (χ4v) is 3.43. The van der Waals surface area contributed by atoms with E-state index in [0.29, 0.717) is 18.9 Å². The number of rotatable bonds is 11. The summed E-state index contributed by atoms with van der Waals surface area (Å²) in [6.07, 6.45) is 5.40. The van der Waals surface area contributed by atoms with Crippen LogP contribution in [-0.4, -0.2) is 50.8 Å². The van der Waals surface area contributed by atoms with Gasteiger partial charge in [-0.2, -0.15) is 0 Å². The highest BCUT2D eigenvalue weighted by Gasteiger charge is 2.10. The molecule has 3 rings (SSSR count). The Labute approximate surface area is 191 Å². The molecule has 1 N–H and O–H groups in total. The van der Waals surface area contributed by atoms with Gasteiger partial charge in [0, 0.05) is 32.3 Å². The standard InChI is InChI=1S/C26H34N2O4/c1-3-4-15-32-24-11-9-21(18-25(24)30-2)10-12-26(29)27-19-22-5-7-23(8-6-22)20-28-13-16-31-17-14-28/h5-12,18H,3-4,13-17,19-20H2,1-2H3,(H,27,29). The molecule has 0 radical (unpaired) electrons. The maximum Gasteiger partial charge on any atom is 0.244 e. The third-order valence-corrected chi connectivity index (χ3v) is 5.37. The van der Waals surface area contributed by atoms with Crippen LogP contribution in [0.1, 0.15) is 36.5 Å². The van der Waals surface area contributed by atoms with Crippen LogP contribution in [0.4, 0.5) is 0 Å². The van der Waals surface area contributed by atoms with Gasteiger partial charge in [-0.05, 0) is 41.3 Å². The van der Waals surface area contributed by atoms with E-state index in [9.17, 15) is 4.79 Å². The van der Waals surface area contributed by atoms with Crippen LogP contribution in [0, 0.1) is 0 Å².